The van der Waals surface area contributed by atoms with Gasteiger partial charge < -0.3 is 4.40 Å². The first-order valence-electron chi connectivity index (χ1n) is 9.44. The molecule has 0 spiro atoms. The van der Waals surface area contributed by atoms with Gasteiger partial charge in [-0.3, -0.25) is 4.98 Å². The van der Waals surface area contributed by atoms with Gasteiger partial charge in [-0.2, -0.15) is 5.10 Å². The largest absolute Gasteiger partial charge is 0.301 e. The molecule has 4 aromatic heterocycles. The number of nitrogens with zero attached hydrogens (tertiary/aromatic N) is 5. The molecule has 0 atom stereocenters. The van der Waals surface area contributed by atoms with Crippen molar-refractivity contribution in [3.05, 3.63) is 66.6 Å². The zero-order chi connectivity index (χ0) is 19.7. The van der Waals surface area contributed by atoms with E-state index < -0.39 is 0 Å². The molecule has 0 unspecified atom stereocenters. The Morgan fingerprint density at radius 2 is 1.74 bits per heavy atom. The maximum atomic E-state index is 4.29. The van der Waals surface area contributed by atoms with Gasteiger partial charge in [0.15, 0.2) is 5.65 Å². The summed E-state index contributed by atoms with van der Waals surface area (Å²) >= 11 is 0. The number of rotatable bonds is 2. The molecule has 0 aliphatic carbocycles. The number of imidazole rings is 1. The fraction of sp³-hybridized carbons (Fsp3) is 0.409. The Labute approximate surface area is 161 Å². The van der Waals surface area contributed by atoms with Crippen molar-refractivity contribution in [3.63, 3.8) is 0 Å². The van der Waals surface area contributed by atoms with Crippen molar-refractivity contribution < 1.29 is 0 Å². The Bertz CT molecular complexity index is 1030. The van der Waals surface area contributed by atoms with E-state index in [1.807, 2.05) is 35.4 Å². The first kappa shape index (κ1) is 19.1. The summed E-state index contributed by atoms with van der Waals surface area (Å²) in [5, 5.41) is 4.27. The van der Waals surface area contributed by atoms with Crippen LogP contribution in [0.15, 0.2) is 55.4 Å². The quantitative estimate of drug-likeness (QED) is 0.501. The molecule has 0 aromatic carbocycles. The van der Waals surface area contributed by atoms with Crippen molar-refractivity contribution in [2.45, 2.75) is 58.8 Å². The van der Waals surface area contributed by atoms with Crippen LogP contribution in [-0.2, 0) is 10.8 Å². The molecule has 4 aromatic rings. The van der Waals surface area contributed by atoms with Gasteiger partial charge in [0.2, 0.25) is 0 Å². The van der Waals surface area contributed by atoms with Gasteiger partial charge in [-0.25, -0.2) is 9.50 Å². The third-order valence-corrected chi connectivity index (χ3v) is 5.14. The molecule has 0 amide bonds. The minimum Gasteiger partial charge on any atom is -0.301 e. The third-order valence-electron chi connectivity index (χ3n) is 5.14. The van der Waals surface area contributed by atoms with Gasteiger partial charge in [-0.1, -0.05) is 41.5 Å². The Balaban J connectivity index is 0.000000156. The topological polar surface area (TPSA) is 47.5 Å². The van der Waals surface area contributed by atoms with Gasteiger partial charge >= 0.3 is 0 Å². The smallest absolute Gasteiger partial charge is 0.155 e. The molecular weight excluding hydrogens is 334 g/mol. The van der Waals surface area contributed by atoms with Crippen LogP contribution in [0.25, 0.3) is 11.2 Å². The SMILES string of the molecule is CC(C)(C)c1cnc2cnccn12.CCC(C)(C)c1ccn2ncccc12. The average Bonchev–Trinajstić information content (AvgIpc) is 3.26. The summed E-state index contributed by atoms with van der Waals surface area (Å²) in [7, 11) is 0. The Kier molecular flexibility index (Phi) is 5.05. The minimum absolute atomic E-state index is 0.126. The van der Waals surface area contributed by atoms with E-state index in [9.17, 15) is 0 Å². The van der Waals surface area contributed by atoms with Crippen molar-refractivity contribution in [3.8, 4) is 0 Å². The Morgan fingerprint density at radius 3 is 2.44 bits per heavy atom. The van der Waals surface area contributed by atoms with E-state index in [0.717, 1.165) is 12.1 Å². The molecule has 142 valence electrons. The molecule has 5 nitrogen and oxygen atoms in total. The lowest BCUT2D eigenvalue weighted by atomic mass is 9.83. The number of hydrogen-bond acceptors (Lipinski definition) is 3. The van der Waals surface area contributed by atoms with E-state index in [1.54, 1.807) is 12.4 Å². The lowest BCUT2D eigenvalue weighted by molar-refractivity contribution is 0.510. The maximum Gasteiger partial charge on any atom is 0.155 e. The van der Waals surface area contributed by atoms with Gasteiger partial charge in [0.1, 0.15) is 0 Å². The fourth-order valence-corrected chi connectivity index (χ4v) is 3.11. The second-order valence-corrected chi connectivity index (χ2v) is 8.52. The second-order valence-electron chi connectivity index (χ2n) is 8.52. The summed E-state index contributed by atoms with van der Waals surface area (Å²) in [6.07, 6.45) is 12.4. The standard InChI is InChI=1S/C12H16N2.C10H13N3/c1-4-12(2,3)10-7-9-14-11(10)6-5-8-13-14;1-10(2,3)8-6-12-9-7-11-4-5-13(8)9/h5-9H,4H2,1-3H3;4-7H,1-3H3. The number of aromatic nitrogens is 5. The minimum atomic E-state index is 0.126. The Hall–Kier alpha value is -2.69. The molecule has 5 heteroatoms. The van der Waals surface area contributed by atoms with Gasteiger partial charge in [0, 0.05) is 42.1 Å². The highest BCUT2D eigenvalue weighted by Gasteiger charge is 2.21. The van der Waals surface area contributed by atoms with Crippen LogP contribution in [0.1, 0.15) is 59.2 Å². The molecule has 0 aliphatic rings. The lowest BCUT2D eigenvalue weighted by Gasteiger charge is -2.21. The third kappa shape index (κ3) is 3.87. The summed E-state index contributed by atoms with van der Waals surface area (Å²) < 4.78 is 4.01. The van der Waals surface area contributed by atoms with Crippen LogP contribution >= 0.6 is 0 Å². The van der Waals surface area contributed by atoms with Gasteiger partial charge in [-0.05, 0) is 35.6 Å². The summed E-state index contributed by atoms with van der Waals surface area (Å²) in [6.45, 7) is 13.3. The van der Waals surface area contributed by atoms with Crippen LogP contribution in [0.3, 0.4) is 0 Å². The molecule has 0 saturated carbocycles. The van der Waals surface area contributed by atoms with Crippen molar-refractivity contribution in [1.29, 1.82) is 0 Å². The van der Waals surface area contributed by atoms with Crippen LogP contribution in [0, 0.1) is 0 Å². The fourth-order valence-electron chi connectivity index (χ4n) is 3.11. The number of hydrogen-bond donors (Lipinski definition) is 0. The first-order valence-corrected chi connectivity index (χ1v) is 9.44. The van der Waals surface area contributed by atoms with Crippen LogP contribution in [0.4, 0.5) is 0 Å². The maximum absolute atomic E-state index is 4.29. The van der Waals surface area contributed by atoms with E-state index in [-0.39, 0.29) is 10.8 Å². The normalized spacial score (nSPS) is 12.2. The molecule has 0 saturated heterocycles. The predicted molar refractivity (Wildman–Crippen MR) is 110 cm³/mol. The van der Waals surface area contributed by atoms with Crippen molar-refractivity contribution in [2.24, 2.45) is 0 Å². The lowest BCUT2D eigenvalue weighted by Crippen LogP contribution is -2.14. The highest BCUT2D eigenvalue weighted by Crippen LogP contribution is 2.30. The van der Waals surface area contributed by atoms with E-state index >= 15 is 0 Å². The average molecular weight is 364 g/mol. The molecule has 0 N–H and O–H groups in total. The summed E-state index contributed by atoms with van der Waals surface area (Å²) in [4.78, 5) is 8.31. The summed E-state index contributed by atoms with van der Waals surface area (Å²) in [5.74, 6) is 0. The van der Waals surface area contributed by atoms with E-state index in [4.69, 9.17) is 0 Å². The zero-order valence-corrected chi connectivity index (χ0v) is 17.1. The van der Waals surface area contributed by atoms with Gasteiger partial charge in [-0.15, -0.1) is 0 Å². The van der Waals surface area contributed by atoms with E-state index in [1.165, 1.54) is 16.8 Å². The molecular formula is C22H29N5. The van der Waals surface area contributed by atoms with Crippen LogP contribution < -0.4 is 0 Å². The number of fused-ring (bicyclic) bond motifs is 2. The second kappa shape index (κ2) is 7.14. The highest BCUT2D eigenvalue weighted by atomic mass is 15.2. The summed E-state index contributed by atoms with van der Waals surface area (Å²) in [5.41, 5.74) is 5.09. The Morgan fingerprint density at radius 1 is 0.963 bits per heavy atom. The van der Waals surface area contributed by atoms with Crippen LogP contribution in [0.5, 0.6) is 0 Å². The molecule has 0 fully saturated rings. The molecule has 4 heterocycles. The van der Waals surface area contributed by atoms with Crippen molar-refractivity contribution in [2.75, 3.05) is 0 Å². The molecule has 0 bridgehead atoms. The van der Waals surface area contributed by atoms with Gasteiger partial charge in [0.25, 0.3) is 0 Å². The van der Waals surface area contributed by atoms with E-state index in [0.29, 0.717) is 0 Å². The monoisotopic (exact) mass is 363 g/mol. The molecule has 4 rings (SSSR count). The van der Waals surface area contributed by atoms with Gasteiger partial charge in [0.05, 0.1) is 11.7 Å². The first-order chi connectivity index (χ1) is 12.7. The highest BCUT2D eigenvalue weighted by molar-refractivity contribution is 5.57. The van der Waals surface area contributed by atoms with Crippen LogP contribution in [0.2, 0.25) is 0 Å². The van der Waals surface area contributed by atoms with Crippen LogP contribution in [-0.4, -0.2) is 24.0 Å². The molecule has 0 aliphatic heterocycles. The zero-order valence-electron chi connectivity index (χ0n) is 17.1. The van der Waals surface area contributed by atoms with E-state index in [2.05, 4.69) is 73.1 Å². The molecule has 0 radical (unpaired) electrons. The van der Waals surface area contributed by atoms with Crippen molar-refractivity contribution in [1.82, 2.24) is 24.0 Å². The summed E-state index contributed by atoms with van der Waals surface area (Å²) in [6, 6.07) is 6.29. The predicted octanol–water partition coefficient (Wildman–Crippen LogP) is 5.05. The van der Waals surface area contributed by atoms with Crippen molar-refractivity contribution >= 4 is 11.2 Å². The molecule has 27 heavy (non-hydrogen) atoms.